The number of hydrogen-bond acceptors (Lipinski definition) is 5. The molecule has 35 heavy (non-hydrogen) atoms. The molecule has 2 amide bonds. The Bertz CT molecular complexity index is 1220. The molecule has 0 spiro atoms. The van der Waals surface area contributed by atoms with Crippen molar-refractivity contribution in [3.63, 3.8) is 0 Å². The van der Waals surface area contributed by atoms with Crippen LogP contribution in [0.5, 0.6) is 11.5 Å². The van der Waals surface area contributed by atoms with E-state index in [1.807, 2.05) is 19.1 Å². The van der Waals surface area contributed by atoms with Crippen molar-refractivity contribution in [2.75, 3.05) is 13.2 Å². The van der Waals surface area contributed by atoms with E-state index in [-0.39, 0.29) is 17.1 Å². The van der Waals surface area contributed by atoms with Gasteiger partial charge in [-0.05, 0) is 66.6 Å². The van der Waals surface area contributed by atoms with Crippen molar-refractivity contribution in [2.24, 2.45) is 5.10 Å². The molecule has 3 aromatic carbocycles. The number of halogens is 3. The van der Waals surface area contributed by atoms with Gasteiger partial charge in [-0.2, -0.15) is 5.10 Å². The minimum Gasteiger partial charge on any atom is -0.490 e. The van der Waals surface area contributed by atoms with E-state index in [0.717, 1.165) is 5.56 Å². The lowest BCUT2D eigenvalue weighted by molar-refractivity contribution is -0.120. The summed E-state index contributed by atoms with van der Waals surface area (Å²) in [4.78, 5) is 24.1. The van der Waals surface area contributed by atoms with E-state index in [4.69, 9.17) is 44.3 Å². The summed E-state index contributed by atoms with van der Waals surface area (Å²) in [5, 5.41) is 7.66. The molecule has 0 aliphatic heterocycles. The van der Waals surface area contributed by atoms with Gasteiger partial charge in [0.1, 0.15) is 6.61 Å². The second kappa shape index (κ2) is 13.0. The molecule has 0 saturated carbocycles. The van der Waals surface area contributed by atoms with Gasteiger partial charge >= 0.3 is 0 Å². The number of hydrazone groups is 1. The van der Waals surface area contributed by atoms with Gasteiger partial charge in [-0.15, -0.1) is 0 Å². The van der Waals surface area contributed by atoms with Gasteiger partial charge in [0.25, 0.3) is 11.8 Å². The topological polar surface area (TPSA) is 89.0 Å². The number of ether oxygens (including phenoxy) is 2. The molecule has 0 aliphatic carbocycles. The maximum atomic E-state index is 12.1. The van der Waals surface area contributed by atoms with E-state index >= 15 is 0 Å². The molecule has 2 N–H and O–H groups in total. The van der Waals surface area contributed by atoms with Crippen molar-refractivity contribution in [1.29, 1.82) is 0 Å². The number of amides is 2. The van der Waals surface area contributed by atoms with E-state index in [1.165, 1.54) is 24.4 Å². The molecule has 0 aromatic heterocycles. The molecule has 0 radical (unpaired) electrons. The molecule has 0 saturated heterocycles. The molecule has 0 heterocycles. The fourth-order valence-corrected chi connectivity index (χ4v) is 3.28. The lowest BCUT2D eigenvalue weighted by Crippen LogP contribution is -2.34. The lowest BCUT2D eigenvalue weighted by Gasteiger charge is -2.12. The number of hydrogen-bond donors (Lipinski definition) is 2. The zero-order chi connectivity index (χ0) is 25.2. The van der Waals surface area contributed by atoms with Crippen LogP contribution in [0.15, 0.2) is 65.8 Å². The Hall–Kier alpha value is -3.26. The van der Waals surface area contributed by atoms with Crippen LogP contribution in [0.4, 0.5) is 0 Å². The quantitative estimate of drug-likeness (QED) is 0.265. The molecule has 0 aliphatic rings. The first kappa shape index (κ1) is 26.3. The van der Waals surface area contributed by atoms with Crippen LogP contribution in [0.25, 0.3) is 0 Å². The summed E-state index contributed by atoms with van der Waals surface area (Å²) >= 11 is 17.7. The summed E-state index contributed by atoms with van der Waals surface area (Å²) in [7, 11) is 0. The predicted octanol–water partition coefficient (Wildman–Crippen LogP) is 5.50. The first-order valence-electron chi connectivity index (χ1n) is 10.5. The Morgan fingerprint density at radius 2 is 1.69 bits per heavy atom. The van der Waals surface area contributed by atoms with Gasteiger partial charge in [0.2, 0.25) is 0 Å². The number of carbonyl (C=O) groups is 2. The monoisotopic (exact) mass is 533 g/mol. The SMILES string of the molecule is CCOc1cc(/C=N/NC(=O)CNC(=O)c2ccc(Cl)c(Cl)c2)ccc1OCc1ccc(Cl)cc1. The third-order valence-electron chi connectivity index (χ3n) is 4.57. The van der Waals surface area contributed by atoms with Gasteiger partial charge in [-0.3, -0.25) is 9.59 Å². The Balaban J connectivity index is 1.53. The molecular weight excluding hydrogens is 513 g/mol. The summed E-state index contributed by atoms with van der Waals surface area (Å²) in [5.74, 6) is 0.166. The van der Waals surface area contributed by atoms with Crippen LogP contribution in [0.3, 0.4) is 0 Å². The first-order valence-corrected chi connectivity index (χ1v) is 11.7. The van der Waals surface area contributed by atoms with E-state index < -0.39 is 11.8 Å². The van der Waals surface area contributed by atoms with Crippen molar-refractivity contribution >= 4 is 52.8 Å². The Morgan fingerprint density at radius 3 is 2.40 bits per heavy atom. The molecule has 0 bridgehead atoms. The number of carbonyl (C=O) groups excluding carboxylic acids is 2. The first-order chi connectivity index (χ1) is 16.9. The van der Waals surface area contributed by atoms with E-state index in [9.17, 15) is 9.59 Å². The van der Waals surface area contributed by atoms with Crippen molar-refractivity contribution in [1.82, 2.24) is 10.7 Å². The van der Waals surface area contributed by atoms with Gasteiger partial charge < -0.3 is 14.8 Å². The third kappa shape index (κ3) is 8.17. The predicted molar refractivity (Wildman–Crippen MR) is 138 cm³/mol. The summed E-state index contributed by atoms with van der Waals surface area (Å²) in [5.41, 5.74) is 4.31. The molecule has 0 fully saturated rings. The fourth-order valence-electron chi connectivity index (χ4n) is 2.85. The van der Waals surface area contributed by atoms with Crippen LogP contribution in [0.2, 0.25) is 15.1 Å². The highest BCUT2D eigenvalue weighted by Crippen LogP contribution is 2.29. The largest absolute Gasteiger partial charge is 0.490 e. The number of nitrogens with zero attached hydrogens (tertiary/aromatic N) is 1. The fraction of sp³-hybridized carbons (Fsp3) is 0.160. The van der Waals surface area contributed by atoms with Gasteiger partial charge in [0, 0.05) is 10.6 Å². The molecule has 3 aromatic rings. The van der Waals surface area contributed by atoms with Crippen molar-refractivity contribution in [3.05, 3.63) is 92.4 Å². The van der Waals surface area contributed by atoms with Gasteiger partial charge in [-0.1, -0.05) is 46.9 Å². The van der Waals surface area contributed by atoms with E-state index in [1.54, 1.807) is 30.3 Å². The van der Waals surface area contributed by atoms with Crippen LogP contribution >= 0.6 is 34.8 Å². The molecule has 7 nitrogen and oxygen atoms in total. The van der Waals surface area contributed by atoms with Crippen LogP contribution in [0.1, 0.15) is 28.4 Å². The maximum absolute atomic E-state index is 12.1. The summed E-state index contributed by atoms with van der Waals surface area (Å²) < 4.78 is 11.6. The minimum absolute atomic E-state index is 0.251. The smallest absolute Gasteiger partial charge is 0.259 e. The Labute approximate surface area is 218 Å². The van der Waals surface area contributed by atoms with Crippen molar-refractivity contribution < 1.29 is 19.1 Å². The molecule has 0 unspecified atom stereocenters. The van der Waals surface area contributed by atoms with Gasteiger partial charge in [0.05, 0.1) is 29.4 Å². The molecule has 182 valence electrons. The van der Waals surface area contributed by atoms with Gasteiger partial charge in [0.15, 0.2) is 11.5 Å². The van der Waals surface area contributed by atoms with Crippen molar-refractivity contribution in [2.45, 2.75) is 13.5 Å². The lowest BCUT2D eigenvalue weighted by atomic mass is 10.2. The van der Waals surface area contributed by atoms with Crippen LogP contribution in [-0.2, 0) is 11.4 Å². The average molecular weight is 535 g/mol. The number of rotatable bonds is 10. The highest BCUT2D eigenvalue weighted by atomic mass is 35.5. The molecule has 3 rings (SSSR count). The number of benzene rings is 3. The molecule has 0 atom stereocenters. The van der Waals surface area contributed by atoms with Crippen molar-refractivity contribution in [3.8, 4) is 11.5 Å². The van der Waals surface area contributed by atoms with Crippen LogP contribution in [-0.4, -0.2) is 31.2 Å². The number of nitrogens with one attached hydrogen (secondary N) is 2. The molecular formula is C25H22Cl3N3O4. The van der Waals surface area contributed by atoms with Crippen LogP contribution < -0.4 is 20.2 Å². The second-order valence-corrected chi connectivity index (χ2v) is 8.41. The zero-order valence-electron chi connectivity index (χ0n) is 18.7. The second-order valence-electron chi connectivity index (χ2n) is 7.16. The summed E-state index contributed by atoms with van der Waals surface area (Å²) in [6, 6.07) is 17.1. The standard InChI is InChI=1S/C25H22Cl3N3O4/c1-2-34-23-11-17(5-10-22(23)35-15-16-3-7-19(26)8-4-16)13-30-31-24(32)14-29-25(33)18-6-9-20(27)21(28)12-18/h3-13H,2,14-15H2,1H3,(H,29,33)(H,31,32)/b30-13+. The van der Waals surface area contributed by atoms with E-state index in [0.29, 0.717) is 40.3 Å². The van der Waals surface area contributed by atoms with Gasteiger partial charge in [-0.25, -0.2) is 5.43 Å². The minimum atomic E-state index is -0.498. The summed E-state index contributed by atoms with van der Waals surface area (Å²) in [6.45, 7) is 2.41. The zero-order valence-corrected chi connectivity index (χ0v) is 21.0. The highest BCUT2D eigenvalue weighted by molar-refractivity contribution is 6.42. The Morgan fingerprint density at radius 1 is 0.914 bits per heavy atom. The Kier molecular flexibility index (Phi) is 9.78. The average Bonchev–Trinajstić information content (AvgIpc) is 2.85. The summed E-state index contributed by atoms with van der Waals surface area (Å²) in [6.07, 6.45) is 1.46. The maximum Gasteiger partial charge on any atom is 0.259 e. The molecule has 10 heteroatoms. The normalized spacial score (nSPS) is 10.7. The van der Waals surface area contributed by atoms with Crippen LogP contribution in [0, 0.1) is 0 Å². The van der Waals surface area contributed by atoms with E-state index in [2.05, 4.69) is 15.8 Å². The third-order valence-corrected chi connectivity index (χ3v) is 5.56. The highest BCUT2D eigenvalue weighted by Gasteiger charge is 2.10.